The highest BCUT2D eigenvalue weighted by Crippen LogP contribution is 2.22. The fraction of sp³-hybridized carbons (Fsp3) is 0.105. The number of nitrogens with one attached hydrogen (secondary N) is 2. The summed E-state index contributed by atoms with van der Waals surface area (Å²) in [7, 11) is 0. The number of carbonyl (C=O) groups is 2. The summed E-state index contributed by atoms with van der Waals surface area (Å²) >= 11 is 0. The third-order valence-electron chi connectivity index (χ3n) is 3.75. The van der Waals surface area contributed by atoms with E-state index in [-0.39, 0.29) is 5.91 Å². The summed E-state index contributed by atoms with van der Waals surface area (Å²) in [6.45, 7) is 1.75. The number of hydrogen-bond donors (Lipinski definition) is 3. The van der Waals surface area contributed by atoms with E-state index in [9.17, 15) is 9.59 Å². The predicted molar refractivity (Wildman–Crippen MR) is 97.6 cm³/mol. The number of benzene rings is 2. The normalized spacial score (nSPS) is 11.6. The number of rotatable bonds is 6. The van der Waals surface area contributed by atoms with Gasteiger partial charge in [0, 0.05) is 17.3 Å². The molecule has 0 spiro atoms. The monoisotopic (exact) mass is 350 g/mol. The van der Waals surface area contributed by atoms with E-state index in [4.69, 9.17) is 10.3 Å². The number of nitrogens with zero attached hydrogens (tertiary/aromatic N) is 1. The Morgan fingerprint density at radius 1 is 1.08 bits per heavy atom. The van der Waals surface area contributed by atoms with Gasteiger partial charge in [0.1, 0.15) is 11.8 Å². The van der Waals surface area contributed by atoms with Crippen LogP contribution in [0.3, 0.4) is 0 Å². The lowest BCUT2D eigenvalue weighted by molar-refractivity contribution is -0.117. The first-order chi connectivity index (χ1) is 12.5. The van der Waals surface area contributed by atoms with Crippen LogP contribution in [0.4, 0.5) is 11.5 Å². The van der Waals surface area contributed by atoms with Gasteiger partial charge in [-0.3, -0.25) is 9.59 Å². The van der Waals surface area contributed by atoms with Crippen molar-refractivity contribution >= 4 is 23.3 Å². The Labute approximate surface area is 150 Å². The summed E-state index contributed by atoms with van der Waals surface area (Å²) in [5.74, 6) is 0.157. The van der Waals surface area contributed by atoms with Gasteiger partial charge in [-0.15, -0.1) is 0 Å². The Morgan fingerprint density at radius 2 is 1.77 bits per heavy atom. The fourth-order valence-corrected chi connectivity index (χ4v) is 2.47. The number of hydrogen-bond acceptors (Lipinski definition) is 5. The van der Waals surface area contributed by atoms with Gasteiger partial charge in [-0.25, -0.2) is 0 Å². The van der Waals surface area contributed by atoms with Crippen molar-refractivity contribution in [3.63, 3.8) is 0 Å². The molecule has 0 aliphatic heterocycles. The molecule has 0 radical (unpaired) electrons. The Hall–Kier alpha value is -3.61. The Kier molecular flexibility index (Phi) is 4.98. The zero-order valence-electron chi connectivity index (χ0n) is 14.1. The summed E-state index contributed by atoms with van der Waals surface area (Å²) in [5.41, 5.74) is 7.11. The second kappa shape index (κ2) is 7.52. The molecular formula is C19H18N4O3. The van der Waals surface area contributed by atoms with E-state index < -0.39 is 11.9 Å². The van der Waals surface area contributed by atoms with E-state index in [1.807, 2.05) is 30.3 Å². The lowest BCUT2D eigenvalue weighted by atomic mass is 10.1. The van der Waals surface area contributed by atoms with Gasteiger partial charge in [0.25, 0.3) is 5.91 Å². The standard InChI is InChI=1S/C19H18N4O3/c1-12-11-16(23-26-12)22-19(25)17(13-5-3-2-4-6-13)21-15-9-7-14(8-10-15)18(20)24/h2-11,17,21H,1H3,(H2,20,24)(H,22,23,25)/t17-/m1/s1. The maximum atomic E-state index is 12.8. The molecule has 2 aromatic carbocycles. The smallest absolute Gasteiger partial charge is 0.252 e. The van der Waals surface area contributed by atoms with Crippen molar-refractivity contribution in [2.75, 3.05) is 10.6 Å². The second-order valence-corrected chi connectivity index (χ2v) is 5.74. The van der Waals surface area contributed by atoms with Crippen LogP contribution in [0.25, 0.3) is 0 Å². The molecule has 7 heteroatoms. The van der Waals surface area contributed by atoms with Gasteiger partial charge in [0.15, 0.2) is 5.82 Å². The largest absolute Gasteiger partial charge is 0.370 e. The Morgan fingerprint density at radius 3 is 2.35 bits per heavy atom. The van der Waals surface area contributed by atoms with Crippen molar-refractivity contribution in [2.24, 2.45) is 5.73 Å². The molecule has 0 fully saturated rings. The van der Waals surface area contributed by atoms with E-state index in [1.54, 1.807) is 37.3 Å². The molecule has 3 aromatic rings. The number of aryl methyl sites for hydroxylation is 1. The molecule has 4 N–H and O–H groups in total. The number of aromatic nitrogens is 1. The molecule has 1 heterocycles. The molecule has 26 heavy (non-hydrogen) atoms. The molecule has 0 saturated carbocycles. The van der Waals surface area contributed by atoms with Crippen molar-refractivity contribution in [3.8, 4) is 0 Å². The van der Waals surface area contributed by atoms with Crippen LogP contribution >= 0.6 is 0 Å². The van der Waals surface area contributed by atoms with Crippen LogP contribution in [-0.4, -0.2) is 17.0 Å². The third kappa shape index (κ3) is 4.07. The minimum Gasteiger partial charge on any atom is -0.370 e. The van der Waals surface area contributed by atoms with Gasteiger partial charge in [-0.05, 0) is 36.8 Å². The highest BCUT2D eigenvalue weighted by Gasteiger charge is 2.21. The highest BCUT2D eigenvalue weighted by molar-refractivity contribution is 5.97. The van der Waals surface area contributed by atoms with E-state index in [1.165, 1.54) is 0 Å². The summed E-state index contributed by atoms with van der Waals surface area (Å²) in [6.07, 6.45) is 0. The second-order valence-electron chi connectivity index (χ2n) is 5.74. The van der Waals surface area contributed by atoms with Crippen LogP contribution < -0.4 is 16.4 Å². The molecule has 0 unspecified atom stereocenters. The van der Waals surface area contributed by atoms with Crippen LogP contribution in [0.2, 0.25) is 0 Å². The van der Waals surface area contributed by atoms with E-state index >= 15 is 0 Å². The van der Waals surface area contributed by atoms with Crippen LogP contribution in [0.15, 0.2) is 65.2 Å². The number of anilines is 2. The molecule has 132 valence electrons. The number of primary amides is 1. The van der Waals surface area contributed by atoms with Crippen molar-refractivity contribution in [1.29, 1.82) is 0 Å². The summed E-state index contributed by atoms with van der Waals surface area (Å²) in [4.78, 5) is 24.0. The van der Waals surface area contributed by atoms with Gasteiger partial charge in [0.05, 0.1) is 0 Å². The molecule has 1 atom stereocenters. The first kappa shape index (κ1) is 17.2. The zero-order chi connectivity index (χ0) is 18.5. The minimum atomic E-state index is -0.660. The van der Waals surface area contributed by atoms with Gasteiger partial charge in [-0.1, -0.05) is 35.5 Å². The van der Waals surface area contributed by atoms with Crippen LogP contribution in [-0.2, 0) is 4.79 Å². The lowest BCUT2D eigenvalue weighted by Crippen LogP contribution is -2.27. The summed E-state index contributed by atoms with van der Waals surface area (Å²) in [6, 6.07) is 16.9. The molecule has 7 nitrogen and oxygen atoms in total. The first-order valence-corrected chi connectivity index (χ1v) is 7.98. The van der Waals surface area contributed by atoms with Gasteiger partial charge >= 0.3 is 0 Å². The van der Waals surface area contributed by atoms with Crippen molar-refractivity contribution in [1.82, 2.24) is 5.16 Å². The van der Waals surface area contributed by atoms with Crippen molar-refractivity contribution < 1.29 is 14.1 Å². The molecule has 1 aromatic heterocycles. The fourth-order valence-electron chi connectivity index (χ4n) is 2.47. The van der Waals surface area contributed by atoms with Crippen LogP contribution in [0, 0.1) is 6.92 Å². The summed E-state index contributed by atoms with van der Waals surface area (Å²) < 4.78 is 4.98. The molecular weight excluding hydrogens is 332 g/mol. The Bertz CT molecular complexity index is 904. The molecule has 0 bridgehead atoms. The average Bonchev–Trinajstić information content (AvgIpc) is 3.05. The maximum Gasteiger partial charge on any atom is 0.252 e. The zero-order valence-corrected chi connectivity index (χ0v) is 14.1. The average molecular weight is 350 g/mol. The highest BCUT2D eigenvalue weighted by atomic mass is 16.5. The molecule has 3 rings (SSSR count). The van der Waals surface area contributed by atoms with Crippen molar-refractivity contribution in [2.45, 2.75) is 13.0 Å². The Balaban J connectivity index is 1.83. The van der Waals surface area contributed by atoms with Gasteiger partial charge in [-0.2, -0.15) is 0 Å². The number of carbonyl (C=O) groups excluding carboxylic acids is 2. The van der Waals surface area contributed by atoms with E-state index in [0.717, 1.165) is 5.56 Å². The molecule has 0 aliphatic carbocycles. The van der Waals surface area contributed by atoms with Gasteiger partial charge < -0.3 is 20.9 Å². The van der Waals surface area contributed by atoms with Crippen LogP contribution in [0.1, 0.15) is 27.7 Å². The number of nitrogens with two attached hydrogens (primary N) is 1. The molecule has 0 saturated heterocycles. The SMILES string of the molecule is Cc1cc(NC(=O)[C@H](Nc2ccc(C(N)=O)cc2)c2ccccc2)no1. The molecule has 2 amide bonds. The minimum absolute atomic E-state index is 0.288. The van der Waals surface area contributed by atoms with E-state index in [2.05, 4.69) is 15.8 Å². The van der Waals surface area contributed by atoms with Crippen LogP contribution in [0.5, 0.6) is 0 Å². The van der Waals surface area contributed by atoms with Crippen molar-refractivity contribution in [3.05, 3.63) is 77.6 Å². The van der Waals surface area contributed by atoms with Gasteiger partial charge in [0.2, 0.25) is 5.91 Å². The predicted octanol–water partition coefficient (Wildman–Crippen LogP) is 2.87. The molecule has 0 aliphatic rings. The first-order valence-electron chi connectivity index (χ1n) is 7.98. The van der Waals surface area contributed by atoms with E-state index in [0.29, 0.717) is 22.8 Å². The lowest BCUT2D eigenvalue weighted by Gasteiger charge is -2.19. The topological polar surface area (TPSA) is 110 Å². The third-order valence-corrected chi connectivity index (χ3v) is 3.75. The maximum absolute atomic E-state index is 12.8. The number of amides is 2. The summed E-state index contributed by atoms with van der Waals surface area (Å²) in [5, 5.41) is 9.68. The quantitative estimate of drug-likeness (QED) is 0.633.